The fourth-order valence-electron chi connectivity index (χ4n) is 3.63. The smallest absolute Gasteiger partial charge is 0.139 e. The summed E-state index contributed by atoms with van der Waals surface area (Å²) in [7, 11) is 1.97. The van der Waals surface area contributed by atoms with E-state index in [0.29, 0.717) is 0 Å². The van der Waals surface area contributed by atoms with Crippen LogP contribution in [0.3, 0.4) is 0 Å². The van der Waals surface area contributed by atoms with Crippen molar-refractivity contribution in [2.45, 2.75) is 0 Å². The molecule has 0 aliphatic carbocycles. The average Bonchev–Trinajstić information content (AvgIpc) is 3.23. The zero-order valence-electron chi connectivity index (χ0n) is 14.2. The van der Waals surface area contributed by atoms with Crippen LogP contribution in [-0.2, 0) is 7.05 Å². The van der Waals surface area contributed by atoms with Crippen LogP contribution in [0.2, 0.25) is 0 Å². The summed E-state index contributed by atoms with van der Waals surface area (Å²) in [4.78, 5) is 4.44. The van der Waals surface area contributed by atoms with Crippen molar-refractivity contribution < 1.29 is 4.39 Å². The summed E-state index contributed by atoms with van der Waals surface area (Å²) in [6.45, 7) is 0. The second kappa shape index (κ2) is 5.56. The van der Waals surface area contributed by atoms with Crippen LogP contribution >= 0.6 is 0 Å². The summed E-state index contributed by atoms with van der Waals surface area (Å²) in [6, 6.07) is 21.4. The third-order valence-corrected chi connectivity index (χ3v) is 4.82. The average molecular weight is 341 g/mol. The molecule has 0 aliphatic rings. The number of para-hydroxylation sites is 1. The van der Waals surface area contributed by atoms with Crippen molar-refractivity contribution in [3.8, 4) is 17.1 Å². The molecule has 0 N–H and O–H groups in total. The van der Waals surface area contributed by atoms with Gasteiger partial charge < -0.3 is 9.13 Å². The minimum Gasteiger partial charge on any atom is -0.334 e. The Morgan fingerprint density at radius 2 is 1.58 bits per heavy atom. The SMILES string of the molecule is Cn1ccnc1-c1ccc2c(c1)c1cc(F)ccc1n2-c1ccccc1. The zero-order chi connectivity index (χ0) is 17.7. The first-order valence-corrected chi connectivity index (χ1v) is 8.49. The molecule has 126 valence electrons. The van der Waals surface area contributed by atoms with Gasteiger partial charge in [-0.3, -0.25) is 0 Å². The quantitative estimate of drug-likeness (QED) is 0.426. The minimum absolute atomic E-state index is 0.230. The van der Waals surface area contributed by atoms with E-state index in [9.17, 15) is 4.39 Å². The predicted molar refractivity (Wildman–Crippen MR) is 103 cm³/mol. The van der Waals surface area contributed by atoms with Crippen molar-refractivity contribution in [2.75, 3.05) is 0 Å². The highest BCUT2D eigenvalue weighted by Gasteiger charge is 2.14. The van der Waals surface area contributed by atoms with Crippen LogP contribution in [0.1, 0.15) is 0 Å². The summed E-state index contributed by atoms with van der Waals surface area (Å²) in [5, 5.41) is 1.92. The summed E-state index contributed by atoms with van der Waals surface area (Å²) in [6.07, 6.45) is 3.71. The number of fused-ring (bicyclic) bond motifs is 3. The van der Waals surface area contributed by atoms with Crippen LogP contribution in [0.5, 0.6) is 0 Å². The first-order chi connectivity index (χ1) is 12.7. The number of rotatable bonds is 2. The number of imidazole rings is 1. The van der Waals surface area contributed by atoms with Gasteiger partial charge >= 0.3 is 0 Å². The van der Waals surface area contributed by atoms with Crippen molar-refractivity contribution in [3.63, 3.8) is 0 Å². The normalized spacial score (nSPS) is 11.5. The number of benzene rings is 3. The van der Waals surface area contributed by atoms with E-state index in [1.165, 1.54) is 6.07 Å². The predicted octanol–water partition coefficient (Wildman–Crippen LogP) is 5.32. The third-order valence-electron chi connectivity index (χ3n) is 4.82. The van der Waals surface area contributed by atoms with Crippen LogP contribution in [-0.4, -0.2) is 14.1 Å². The van der Waals surface area contributed by atoms with Crippen molar-refractivity contribution in [3.05, 3.63) is 84.9 Å². The van der Waals surface area contributed by atoms with E-state index in [1.807, 2.05) is 42.1 Å². The molecule has 0 saturated carbocycles. The van der Waals surface area contributed by atoms with Gasteiger partial charge in [-0.2, -0.15) is 0 Å². The topological polar surface area (TPSA) is 22.8 Å². The van der Waals surface area contributed by atoms with Crippen LogP contribution < -0.4 is 0 Å². The van der Waals surface area contributed by atoms with E-state index in [4.69, 9.17) is 0 Å². The third kappa shape index (κ3) is 2.15. The molecule has 0 unspecified atom stereocenters. The van der Waals surface area contributed by atoms with Gasteiger partial charge in [0, 0.05) is 41.5 Å². The number of aromatic nitrogens is 3. The van der Waals surface area contributed by atoms with Gasteiger partial charge in [0.1, 0.15) is 11.6 Å². The second-order valence-electron chi connectivity index (χ2n) is 6.43. The molecule has 4 heteroatoms. The fourth-order valence-corrected chi connectivity index (χ4v) is 3.63. The number of nitrogens with zero attached hydrogens (tertiary/aromatic N) is 3. The summed E-state index contributed by atoms with van der Waals surface area (Å²) >= 11 is 0. The van der Waals surface area contributed by atoms with Crippen molar-refractivity contribution >= 4 is 21.8 Å². The van der Waals surface area contributed by atoms with Gasteiger partial charge in [-0.1, -0.05) is 18.2 Å². The summed E-state index contributed by atoms with van der Waals surface area (Å²) in [5.41, 5.74) is 4.12. The molecule has 0 aliphatic heterocycles. The van der Waals surface area contributed by atoms with Gasteiger partial charge in [-0.15, -0.1) is 0 Å². The molecule has 0 atom stereocenters. The van der Waals surface area contributed by atoms with E-state index >= 15 is 0 Å². The summed E-state index contributed by atoms with van der Waals surface area (Å²) in [5.74, 6) is 0.663. The van der Waals surface area contributed by atoms with Crippen molar-refractivity contribution in [2.24, 2.45) is 7.05 Å². The standard InChI is InChI=1S/C22H16FN3/c1-25-12-11-24-22(25)15-7-9-20-18(13-15)19-14-16(23)8-10-21(19)26(20)17-5-3-2-4-6-17/h2-14H,1H3. The zero-order valence-corrected chi connectivity index (χ0v) is 14.2. The van der Waals surface area contributed by atoms with Crippen molar-refractivity contribution in [1.29, 1.82) is 0 Å². The Kier molecular flexibility index (Phi) is 3.19. The molecular weight excluding hydrogens is 325 g/mol. The lowest BCUT2D eigenvalue weighted by Crippen LogP contribution is -1.94. The Morgan fingerprint density at radius 3 is 2.31 bits per heavy atom. The molecular formula is C22H16FN3. The fraction of sp³-hybridized carbons (Fsp3) is 0.0455. The van der Waals surface area contributed by atoms with Crippen molar-refractivity contribution in [1.82, 2.24) is 14.1 Å². The van der Waals surface area contributed by atoms with Gasteiger partial charge in [0.2, 0.25) is 0 Å². The maximum atomic E-state index is 14.0. The molecule has 0 fully saturated rings. The highest BCUT2D eigenvalue weighted by molar-refractivity contribution is 6.10. The molecule has 0 spiro atoms. The lowest BCUT2D eigenvalue weighted by molar-refractivity contribution is 0.629. The molecule has 3 nitrogen and oxygen atoms in total. The molecule has 0 bridgehead atoms. The van der Waals surface area contributed by atoms with Crippen LogP contribution in [0, 0.1) is 5.82 Å². The molecule has 0 radical (unpaired) electrons. The van der Waals surface area contributed by atoms with E-state index in [-0.39, 0.29) is 5.82 Å². The molecule has 2 aromatic heterocycles. The Morgan fingerprint density at radius 1 is 0.846 bits per heavy atom. The monoisotopic (exact) mass is 341 g/mol. The Balaban J connectivity index is 1.89. The van der Waals surface area contributed by atoms with E-state index < -0.39 is 0 Å². The maximum absolute atomic E-state index is 14.0. The van der Waals surface area contributed by atoms with Gasteiger partial charge in [-0.05, 0) is 48.5 Å². The number of aryl methyl sites for hydroxylation is 1. The maximum Gasteiger partial charge on any atom is 0.139 e. The number of hydrogen-bond donors (Lipinski definition) is 0. The number of hydrogen-bond acceptors (Lipinski definition) is 1. The molecule has 2 heterocycles. The molecule has 5 aromatic rings. The van der Waals surface area contributed by atoms with E-state index in [1.54, 1.807) is 12.3 Å². The lowest BCUT2D eigenvalue weighted by Gasteiger charge is -2.08. The lowest BCUT2D eigenvalue weighted by atomic mass is 10.1. The molecule has 3 aromatic carbocycles. The first kappa shape index (κ1) is 14.9. The van der Waals surface area contributed by atoms with Gasteiger partial charge in [-0.25, -0.2) is 9.37 Å². The molecule has 26 heavy (non-hydrogen) atoms. The largest absolute Gasteiger partial charge is 0.334 e. The van der Waals surface area contributed by atoms with Crippen LogP contribution in [0.15, 0.2) is 79.1 Å². The van der Waals surface area contributed by atoms with E-state index in [0.717, 1.165) is 38.9 Å². The summed E-state index contributed by atoms with van der Waals surface area (Å²) < 4.78 is 18.1. The van der Waals surface area contributed by atoms with Gasteiger partial charge in [0.15, 0.2) is 0 Å². The number of halogens is 1. The minimum atomic E-state index is -0.230. The van der Waals surface area contributed by atoms with Crippen LogP contribution in [0.4, 0.5) is 4.39 Å². The van der Waals surface area contributed by atoms with Crippen LogP contribution in [0.25, 0.3) is 38.9 Å². The highest BCUT2D eigenvalue weighted by Crippen LogP contribution is 2.34. The van der Waals surface area contributed by atoms with E-state index in [2.05, 4.69) is 39.9 Å². The van der Waals surface area contributed by atoms with Gasteiger partial charge in [0.05, 0.1) is 11.0 Å². The Bertz CT molecular complexity index is 1250. The molecule has 0 saturated heterocycles. The highest BCUT2D eigenvalue weighted by atomic mass is 19.1. The van der Waals surface area contributed by atoms with Gasteiger partial charge in [0.25, 0.3) is 0 Å². The molecule has 0 amide bonds. The molecule has 5 rings (SSSR count). The second-order valence-corrected chi connectivity index (χ2v) is 6.43. The first-order valence-electron chi connectivity index (χ1n) is 8.49. The Hall–Kier alpha value is -3.40. The Labute approximate surface area is 149 Å².